The van der Waals surface area contributed by atoms with Crippen LogP contribution >= 0.6 is 0 Å². The lowest BCUT2D eigenvalue weighted by atomic mass is 10.0. The Morgan fingerprint density at radius 1 is 0.653 bits per heavy atom. The van der Waals surface area contributed by atoms with Gasteiger partial charge in [-0.1, -0.05) is 24.3 Å². The zero-order valence-corrected chi connectivity index (χ0v) is 29.6. The molecule has 10 nitrogen and oxygen atoms in total. The summed E-state index contributed by atoms with van der Waals surface area (Å²) in [5, 5.41) is 0. The van der Waals surface area contributed by atoms with Crippen LogP contribution in [0, 0.1) is 0 Å². The van der Waals surface area contributed by atoms with E-state index in [1.165, 1.54) is 24.3 Å². The van der Waals surface area contributed by atoms with Gasteiger partial charge in [-0.05, 0) is 97.8 Å². The maximum absolute atomic E-state index is 11.9. The minimum absolute atomic E-state index is 0.218. The van der Waals surface area contributed by atoms with Crippen molar-refractivity contribution < 1.29 is 35.0 Å². The molecule has 2 N–H and O–H groups in total. The van der Waals surface area contributed by atoms with Crippen LogP contribution in [0.25, 0.3) is 0 Å². The Kier molecular flexibility index (Phi) is 10.6. The molecular weight excluding hydrogens is 661 g/mol. The minimum Gasteiger partial charge on any atom is -0.378 e. The molecule has 5 rings (SSSR count). The molecule has 1 aliphatic heterocycles. The molecule has 1 heterocycles. The minimum atomic E-state index is -4.41. The first-order chi connectivity index (χ1) is 23.2. The Hall–Kier alpha value is -4.59. The summed E-state index contributed by atoms with van der Waals surface area (Å²) < 4.78 is 69.7. The lowest BCUT2D eigenvalue weighted by Gasteiger charge is -2.27. The molecule has 0 spiro atoms. The molecule has 0 saturated carbocycles. The van der Waals surface area contributed by atoms with Crippen LogP contribution in [-0.4, -0.2) is 67.9 Å². The van der Waals surface area contributed by atoms with E-state index in [1.54, 1.807) is 24.3 Å². The Morgan fingerprint density at radius 2 is 1.08 bits per heavy atom. The molecule has 1 aliphatic rings. The van der Waals surface area contributed by atoms with Crippen LogP contribution in [-0.2, 0) is 33.3 Å². The van der Waals surface area contributed by atoms with Gasteiger partial charge in [-0.3, -0.25) is 13.6 Å². The number of rotatable bonds is 12. The number of hydrogen-bond acceptors (Lipinski definition) is 6. The van der Waals surface area contributed by atoms with Crippen molar-refractivity contribution >= 4 is 37.3 Å². The number of benzene rings is 4. The molecule has 0 aromatic heterocycles. The maximum atomic E-state index is 11.9. The monoisotopic (exact) mass is 702 g/mol. The first kappa shape index (κ1) is 35.7. The third-order valence-electron chi connectivity index (χ3n) is 8.79. The second-order valence-electron chi connectivity index (χ2n) is 12.2. The Morgan fingerprint density at radius 3 is 1.47 bits per heavy atom. The van der Waals surface area contributed by atoms with Crippen molar-refractivity contribution in [3.63, 3.8) is 0 Å². The third-order valence-corrected chi connectivity index (χ3v) is 10.5. The van der Waals surface area contributed by atoms with E-state index < -0.39 is 20.2 Å². The van der Waals surface area contributed by atoms with E-state index in [2.05, 4.69) is 72.4 Å². The van der Waals surface area contributed by atoms with E-state index in [0.717, 1.165) is 45.8 Å². The molecular formula is C37H42N4O6S2+2. The zero-order valence-electron chi connectivity index (χ0n) is 28.0. The summed E-state index contributed by atoms with van der Waals surface area (Å²) in [5.74, 6) is 0. The largest absolute Gasteiger partial charge is 0.378 e. The highest BCUT2D eigenvalue weighted by atomic mass is 32.2. The average Bonchev–Trinajstić information content (AvgIpc) is 3.08. The van der Waals surface area contributed by atoms with E-state index in [1.807, 2.05) is 43.3 Å². The van der Waals surface area contributed by atoms with Gasteiger partial charge in [-0.25, -0.2) is 0 Å². The average molecular weight is 703 g/mol. The molecule has 0 aliphatic carbocycles. The van der Waals surface area contributed by atoms with Gasteiger partial charge in [-0.2, -0.15) is 21.4 Å². The molecule has 4 aromatic carbocycles. The van der Waals surface area contributed by atoms with Gasteiger partial charge in [0.25, 0.3) is 20.2 Å². The van der Waals surface area contributed by atoms with E-state index in [9.17, 15) is 25.9 Å². The smallest absolute Gasteiger partial charge is 0.294 e. The Labute approximate surface area is 289 Å². The summed E-state index contributed by atoms with van der Waals surface area (Å²) in [6.07, 6.45) is 8.61. The van der Waals surface area contributed by atoms with Crippen molar-refractivity contribution in [2.45, 2.75) is 36.7 Å². The molecule has 0 unspecified atom stereocenters. The molecule has 0 bridgehead atoms. The molecule has 12 heteroatoms. The van der Waals surface area contributed by atoms with Crippen molar-refractivity contribution in [2.24, 2.45) is 0 Å². The maximum Gasteiger partial charge on any atom is 0.294 e. The van der Waals surface area contributed by atoms with Crippen LogP contribution in [0.4, 0.5) is 11.4 Å². The molecule has 0 saturated heterocycles. The van der Waals surface area contributed by atoms with Gasteiger partial charge in [0.2, 0.25) is 18.1 Å². The lowest BCUT2D eigenvalue weighted by molar-refractivity contribution is -0.832. The summed E-state index contributed by atoms with van der Waals surface area (Å²) in [6.45, 7) is 6.70. The highest BCUT2D eigenvalue weighted by Crippen LogP contribution is 2.26. The molecule has 0 atom stereocenters. The van der Waals surface area contributed by atoms with Crippen molar-refractivity contribution in [2.75, 3.05) is 37.0 Å². The quantitative estimate of drug-likeness (QED) is 0.103. The molecule has 4 aromatic rings. The standard InChI is InChI=1S/C37H40N4O6S2/c1-5-41(6-2)23-21-39(22-24-41)37(31-13-17-33(18-14-31)38(3)4)32-15-19-34(20-16-32)40(27-29-9-7-11-35(25-29)48(42,43)44)28-30-10-8-12-36(26-30)49(45,46)47/h7-26H,5-6,27-28H2,1-4H3/p+2. The fourth-order valence-electron chi connectivity index (χ4n) is 5.80. The second kappa shape index (κ2) is 14.5. The van der Waals surface area contributed by atoms with Gasteiger partial charge in [0.05, 0.1) is 22.9 Å². The van der Waals surface area contributed by atoms with Crippen LogP contribution in [0.2, 0.25) is 0 Å². The third kappa shape index (κ3) is 8.53. The van der Waals surface area contributed by atoms with E-state index in [0.29, 0.717) is 11.1 Å². The summed E-state index contributed by atoms with van der Waals surface area (Å²) >= 11 is 0. The van der Waals surface area contributed by atoms with Crippen molar-refractivity contribution in [3.05, 3.63) is 144 Å². The molecule has 0 radical (unpaired) electrons. The predicted octanol–water partition coefficient (Wildman–Crippen LogP) is 6.12. The van der Waals surface area contributed by atoms with Gasteiger partial charge in [-0.15, -0.1) is 0 Å². The lowest BCUT2D eigenvalue weighted by Crippen LogP contribution is -2.39. The normalized spacial score (nSPS) is 14.1. The number of quaternary nitrogens is 1. The molecule has 0 amide bonds. The van der Waals surface area contributed by atoms with Crippen LogP contribution in [0.1, 0.15) is 36.1 Å². The molecule has 0 fully saturated rings. The number of hydrogen-bond donors (Lipinski definition) is 2. The highest BCUT2D eigenvalue weighted by molar-refractivity contribution is 7.86. The molecule has 49 heavy (non-hydrogen) atoms. The molecule has 256 valence electrons. The van der Waals surface area contributed by atoms with Gasteiger partial charge >= 0.3 is 0 Å². The van der Waals surface area contributed by atoms with Gasteiger partial charge in [0, 0.05) is 49.7 Å². The Bertz CT molecular complexity index is 2020. The van der Waals surface area contributed by atoms with Gasteiger partial charge < -0.3 is 9.80 Å². The van der Waals surface area contributed by atoms with E-state index in [4.69, 9.17) is 0 Å². The second-order valence-corrected chi connectivity index (χ2v) is 15.0. The van der Waals surface area contributed by atoms with Crippen LogP contribution in [0.3, 0.4) is 0 Å². The van der Waals surface area contributed by atoms with Crippen molar-refractivity contribution in [1.82, 2.24) is 0 Å². The fraction of sp³-hybridized carbons (Fsp3) is 0.216. The summed E-state index contributed by atoms with van der Waals surface area (Å²) in [4.78, 5) is 3.59. The fourth-order valence-corrected chi connectivity index (χ4v) is 6.90. The Balaban J connectivity index is 1.57. The summed E-state index contributed by atoms with van der Waals surface area (Å²) in [6, 6.07) is 28.5. The van der Waals surface area contributed by atoms with E-state index in [-0.39, 0.29) is 22.9 Å². The van der Waals surface area contributed by atoms with E-state index >= 15 is 0 Å². The van der Waals surface area contributed by atoms with Crippen molar-refractivity contribution in [1.29, 1.82) is 0 Å². The van der Waals surface area contributed by atoms with Crippen LogP contribution in [0.15, 0.2) is 132 Å². The van der Waals surface area contributed by atoms with Crippen molar-refractivity contribution in [3.8, 4) is 0 Å². The first-order valence-corrected chi connectivity index (χ1v) is 18.8. The highest BCUT2D eigenvalue weighted by Gasteiger charge is 2.27. The zero-order chi connectivity index (χ0) is 35.4. The summed E-state index contributed by atoms with van der Waals surface area (Å²) in [5.41, 5.74) is 6.10. The van der Waals surface area contributed by atoms with Gasteiger partial charge in [0.15, 0.2) is 12.4 Å². The predicted molar refractivity (Wildman–Crippen MR) is 193 cm³/mol. The number of anilines is 2. The van der Waals surface area contributed by atoms with Crippen LogP contribution in [0.5, 0.6) is 0 Å². The topological polar surface area (TPSA) is 118 Å². The SMILES string of the molecule is CC[N+]1(CC)C=C[N+](=C(c2ccc(N(C)C)cc2)c2ccc(N(Cc3cccc(S(=O)(=O)O)c3)Cc3cccc(S(=O)(=O)O)c3)cc2)C=C1. The summed E-state index contributed by atoms with van der Waals surface area (Å²) in [7, 11) is -4.82. The number of nitrogens with zero attached hydrogens (tertiary/aromatic N) is 4. The van der Waals surface area contributed by atoms with Crippen LogP contribution < -0.4 is 9.80 Å². The first-order valence-electron chi connectivity index (χ1n) is 15.9. The van der Waals surface area contributed by atoms with Gasteiger partial charge in [0.1, 0.15) is 0 Å².